The summed E-state index contributed by atoms with van der Waals surface area (Å²) in [6, 6.07) is 2.21. The minimum Gasteiger partial charge on any atom is -0.387 e. The van der Waals surface area contributed by atoms with Crippen molar-refractivity contribution < 1.29 is 0 Å². The van der Waals surface area contributed by atoms with Gasteiger partial charge in [0.05, 0.1) is 12.2 Å². The van der Waals surface area contributed by atoms with E-state index in [0.717, 1.165) is 25.2 Å². The van der Waals surface area contributed by atoms with Gasteiger partial charge in [0.1, 0.15) is 0 Å². The molecule has 0 atom stereocenters. The van der Waals surface area contributed by atoms with Crippen molar-refractivity contribution in [2.45, 2.75) is 32.7 Å². The van der Waals surface area contributed by atoms with Gasteiger partial charge in [0, 0.05) is 24.4 Å². The van der Waals surface area contributed by atoms with Gasteiger partial charge in [-0.2, -0.15) is 5.10 Å². The van der Waals surface area contributed by atoms with Crippen molar-refractivity contribution in [3.05, 3.63) is 29.7 Å². The molecule has 0 saturated heterocycles. The highest BCUT2D eigenvalue weighted by atomic mass is 15.3. The minimum atomic E-state index is 0.510. The SMILES string of the molecule is C=C1Cn2nc(C(C)C)cc2CCN1. The number of hydrogen-bond acceptors (Lipinski definition) is 2. The highest BCUT2D eigenvalue weighted by Gasteiger charge is 2.13. The van der Waals surface area contributed by atoms with Crippen LogP contribution in [-0.4, -0.2) is 16.3 Å². The molecular weight excluding hydrogens is 174 g/mol. The van der Waals surface area contributed by atoms with Crippen LogP contribution in [0.15, 0.2) is 18.3 Å². The van der Waals surface area contributed by atoms with Crippen LogP contribution in [0.4, 0.5) is 0 Å². The molecule has 0 spiro atoms. The molecule has 14 heavy (non-hydrogen) atoms. The second kappa shape index (κ2) is 3.48. The van der Waals surface area contributed by atoms with Crippen LogP contribution in [0.25, 0.3) is 0 Å². The highest BCUT2D eigenvalue weighted by molar-refractivity contribution is 5.16. The average Bonchev–Trinajstić information content (AvgIpc) is 2.42. The Morgan fingerprint density at radius 3 is 3.07 bits per heavy atom. The molecule has 0 unspecified atom stereocenters. The van der Waals surface area contributed by atoms with E-state index in [1.54, 1.807) is 0 Å². The van der Waals surface area contributed by atoms with Gasteiger partial charge in [-0.05, 0) is 12.0 Å². The molecule has 0 amide bonds. The lowest BCUT2D eigenvalue weighted by molar-refractivity contribution is 0.629. The first-order chi connectivity index (χ1) is 6.66. The Morgan fingerprint density at radius 1 is 1.57 bits per heavy atom. The summed E-state index contributed by atoms with van der Waals surface area (Å²) in [7, 11) is 0. The van der Waals surface area contributed by atoms with E-state index in [2.05, 4.69) is 41.6 Å². The van der Waals surface area contributed by atoms with Crippen LogP contribution in [0.2, 0.25) is 0 Å². The fourth-order valence-corrected chi connectivity index (χ4v) is 1.70. The normalized spacial score (nSPS) is 16.4. The van der Waals surface area contributed by atoms with Crippen LogP contribution >= 0.6 is 0 Å². The Hall–Kier alpha value is -1.25. The summed E-state index contributed by atoms with van der Waals surface area (Å²) in [5, 5.41) is 7.85. The van der Waals surface area contributed by atoms with Crippen LogP contribution in [0, 0.1) is 0 Å². The number of hydrogen-bond donors (Lipinski definition) is 1. The van der Waals surface area contributed by atoms with Gasteiger partial charge < -0.3 is 5.32 Å². The summed E-state index contributed by atoms with van der Waals surface area (Å²) >= 11 is 0. The van der Waals surface area contributed by atoms with E-state index in [0.29, 0.717) is 5.92 Å². The van der Waals surface area contributed by atoms with E-state index >= 15 is 0 Å². The molecule has 0 bridgehead atoms. The number of rotatable bonds is 1. The quantitative estimate of drug-likeness (QED) is 0.731. The zero-order valence-corrected chi connectivity index (χ0v) is 8.88. The fraction of sp³-hybridized carbons (Fsp3) is 0.545. The minimum absolute atomic E-state index is 0.510. The second-order valence-corrected chi connectivity index (χ2v) is 4.15. The molecule has 0 radical (unpaired) electrons. The lowest BCUT2D eigenvalue weighted by Crippen LogP contribution is -2.14. The third kappa shape index (κ3) is 1.67. The van der Waals surface area contributed by atoms with E-state index in [1.165, 1.54) is 11.4 Å². The van der Waals surface area contributed by atoms with Gasteiger partial charge >= 0.3 is 0 Å². The van der Waals surface area contributed by atoms with Gasteiger partial charge in [-0.1, -0.05) is 20.4 Å². The Bertz CT molecular complexity index is 349. The van der Waals surface area contributed by atoms with Crippen molar-refractivity contribution in [1.82, 2.24) is 15.1 Å². The summed E-state index contributed by atoms with van der Waals surface area (Å²) in [5.74, 6) is 0.510. The molecule has 1 aromatic heterocycles. The number of nitrogens with zero attached hydrogens (tertiary/aromatic N) is 2. The Balaban J connectivity index is 2.31. The van der Waals surface area contributed by atoms with Crippen molar-refractivity contribution in [3.63, 3.8) is 0 Å². The number of allylic oxidation sites excluding steroid dienone is 1. The fourth-order valence-electron chi connectivity index (χ4n) is 1.70. The monoisotopic (exact) mass is 191 g/mol. The predicted octanol–water partition coefficient (Wildman–Crippen LogP) is 1.67. The smallest absolute Gasteiger partial charge is 0.0803 e. The molecule has 2 rings (SSSR count). The van der Waals surface area contributed by atoms with E-state index in [-0.39, 0.29) is 0 Å². The molecule has 1 aliphatic rings. The average molecular weight is 191 g/mol. The zero-order valence-electron chi connectivity index (χ0n) is 8.88. The summed E-state index contributed by atoms with van der Waals surface area (Å²) in [4.78, 5) is 0. The molecular formula is C11H17N3. The maximum absolute atomic E-state index is 4.58. The molecule has 3 heteroatoms. The van der Waals surface area contributed by atoms with Gasteiger partial charge in [-0.15, -0.1) is 0 Å². The maximum atomic E-state index is 4.58. The van der Waals surface area contributed by atoms with Crippen molar-refractivity contribution in [2.24, 2.45) is 0 Å². The Morgan fingerprint density at radius 2 is 2.36 bits per heavy atom. The van der Waals surface area contributed by atoms with Crippen molar-refractivity contribution >= 4 is 0 Å². The van der Waals surface area contributed by atoms with Gasteiger partial charge in [0.2, 0.25) is 0 Å². The Kier molecular flexibility index (Phi) is 2.32. The van der Waals surface area contributed by atoms with E-state index in [1.807, 2.05) is 0 Å². The van der Waals surface area contributed by atoms with Crippen molar-refractivity contribution in [3.8, 4) is 0 Å². The molecule has 1 aromatic rings. The topological polar surface area (TPSA) is 29.9 Å². The lowest BCUT2D eigenvalue weighted by Gasteiger charge is -2.04. The summed E-state index contributed by atoms with van der Waals surface area (Å²) in [5.41, 5.74) is 3.57. The van der Waals surface area contributed by atoms with Crippen LogP contribution in [0.3, 0.4) is 0 Å². The van der Waals surface area contributed by atoms with Gasteiger partial charge in [-0.25, -0.2) is 0 Å². The third-order valence-corrected chi connectivity index (χ3v) is 2.57. The van der Waals surface area contributed by atoms with Crippen LogP contribution in [0.5, 0.6) is 0 Å². The predicted molar refractivity (Wildman–Crippen MR) is 57.2 cm³/mol. The lowest BCUT2D eigenvalue weighted by atomic mass is 10.1. The highest BCUT2D eigenvalue weighted by Crippen LogP contribution is 2.16. The molecule has 0 aliphatic carbocycles. The van der Waals surface area contributed by atoms with E-state index in [9.17, 15) is 0 Å². The van der Waals surface area contributed by atoms with Crippen molar-refractivity contribution in [2.75, 3.05) is 6.54 Å². The maximum Gasteiger partial charge on any atom is 0.0803 e. The molecule has 0 saturated carbocycles. The van der Waals surface area contributed by atoms with Gasteiger partial charge in [0.25, 0.3) is 0 Å². The van der Waals surface area contributed by atoms with Crippen molar-refractivity contribution in [1.29, 1.82) is 0 Å². The Labute approximate surface area is 84.8 Å². The molecule has 0 aromatic carbocycles. The standard InChI is InChI=1S/C11H17N3/c1-8(2)11-6-10-4-5-12-9(3)7-14(10)13-11/h6,8,12H,3-5,7H2,1-2H3. The molecule has 2 heterocycles. The van der Waals surface area contributed by atoms with Crippen LogP contribution < -0.4 is 5.32 Å². The molecule has 1 aliphatic heterocycles. The number of nitrogens with one attached hydrogen (secondary N) is 1. The molecule has 1 N–H and O–H groups in total. The van der Waals surface area contributed by atoms with Crippen LogP contribution in [-0.2, 0) is 13.0 Å². The first-order valence-corrected chi connectivity index (χ1v) is 5.15. The molecule has 76 valence electrons. The molecule has 3 nitrogen and oxygen atoms in total. The third-order valence-electron chi connectivity index (χ3n) is 2.57. The number of aromatic nitrogens is 2. The zero-order chi connectivity index (χ0) is 10.1. The van der Waals surface area contributed by atoms with Gasteiger partial charge in [0.15, 0.2) is 0 Å². The largest absolute Gasteiger partial charge is 0.387 e. The van der Waals surface area contributed by atoms with E-state index in [4.69, 9.17) is 0 Å². The molecule has 0 fully saturated rings. The van der Waals surface area contributed by atoms with Crippen LogP contribution in [0.1, 0.15) is 31.2 Å². The first kappa shape index (κ1) is 9.31. The van der Waals surface area contributed by atoms with Gasteiger partial charge in [-0.3, -0.25) is 4.68 Å². The number of fused-ring (bicyclic) bond motifs is 1. The second-order valence-electron chi connectivity index (χ2n) is 4.15. The summed E-state index contributed by atoms with van der Waals surface area (Å²) in [6.45, 7) is 10.1. The summed E-state index contributed by atoms with van der Waals surface area (Å²) in [6.07, 6.45) is 1.04. The van der Waals surface area contributed by atoms with E-state index < -0.39 is 0 Å². The first-order valence-electron chi connectivity index (χ1n) is 5.15. The summed E-state index contributed by atoms with van der Waals surface area (Å²) < 4.78 is 2.07.